The number of aliphatic hydroxyl groups is 1. The molecule has 4 heteroatoms. The lowest BCUT2D eigenvalue weighted by atomic mass is 9.64. The largest absolute Gasteiger partial charge is 0.388 e. The maximum atomic E-state index is 13.4. The first-order valence-electron chi connectivity index (χ1n) is 7.35. The summed E-state index contributed by atoms with van der Waals surface area (Å²) >= 11 is 0. The molecule has 0 aromatic heterocycles. The van der Waals surface area contributed by atoms with Gasteiger partial charge in [-0.3, -0.25) is 0 Å². The van der Waals surface area contributed by atoms with Gasteiger partial charge in [0.25, 0.3) is 0 Å². The van der Waals surface area contributed by atoms with Gasteiger partial charge in [0, 0.05) is 12.0 Å². The smallest absolute Gasteiger partial charge is 0.159 e. The highest BCUT2D eigenvalue weighted by Crippen LogP contribution is 2.48. The van der Waals surface area contributed by atoms with Crippen molar-refractivity contribution >= 4 is 0 Å². The molecule has 0 saturated heterocycles. The van der Waals surface area contributed by atoms with Crippen molar-refractivity contribution in [1.82, 2.24) is 0 Å². The van der Waals surface area contributed by atoms with Gasteiger partial charge in [-0.2, -0.15) is 0 Å². The molecule has 0 spiro atoms. The van der Waals surface area contributed by atoms with Gasteiger partial charge >= 0.3 is 0 Å². The summed E-state index contributed by atoms with van der Waals surface area (Å²) in [7, 11) is 0. The number of benzene rings is 1. The van der Waals surface area contributed by atoms with E-state index in [2.05, 4.69) is 6.92 Å². The molecule has 2 nitrogen and oxygen atoms in total. The van der Waals surface area contributed by atoms with E-state index in [1.54, 1.807) is 0 Å². The molecule has 1 saturated carbocycles. The van der Waals surface area contributed by atoms with E-state index in [1.807, 2.05) is 0 Å². The lowest BCUT2D eigenvalue weighted by molar-refractivity contribution is -0.0164. The Kier molecular flexibility index (Phi) is 4.76. The summed E-state index contributed by atoms with van der Waals surface area (Å²) in [6, 6.07) is 3.61. The van der Waals surface area contributed by atoms with Crippen LogP contribution in [-0.2, 0) is 0 Å². The van der Waals surface area contributed by atoms with Gasteiger partial charge < -0.3 is 10.8 Å². The first-order chi connectivity index (χ1) is 9.52. The molecule has 0 amide bonds. The minimum Gasteiger partial charge on any atom is -0.388 e. The lowest BCUT2D eigenvalue weighted by Crippen LogP contribution is -2.41. The Morgan fingerprint density at radius 2 is 2.15 bits per heavy atom. The van der Waals surface area contributed by atoms with Crippen molar-refractivity contribution < 1.29 is 13.9 Å². The SMILES string of the molecule is CCC1CCCC(CN)(C(O)c2ccc(F)c(F)c2)C1. The molecule has 1 fully saturated rings. The lowest BCUT2D eigenvalue weighted by Gasteiger charge is -2.43. The van der Waals surface area contributed by atoms with Crippen molar-refractivity contribution in [3.63, 3.8) is 0 Å². The minimum absolute atomic E-state index is 0.365. The van der Waals surface area contributed by atoms with Crippen molar-refractivity contribution in [2.75, 3.05) is 6.54 Å². The molecule has 3 N–H and O–H groups in total. The summed E-state index contributed by atoms with van der Waals surface area (Å²) in [5, 5.41) is 10.7. The fourth-order valence-corrected chi connectivity index (χ4v) is 3.45. The highest BCUT2D eigenvalue weighted by Gasteiger charge is 2.41. The molecule has 0 radical (unpaired) electrons. The van der Waals surface area contributed by atoms with Gasteiger partial charge in [-0.15, -0.1) is 0 Å². The third-order valence-electron chi connectivity index (χ3n) is 4.81. The van der Waals surface area contributed by atoms with Crippen LogP contribution in [0.15, 0.2) is 18.2 Å². The highest BCUT2D eigenvalue weighted by molar-refractivity contribution is 5.22. The predicted octanol–water partition coefficient (Wildman–Crippen LogP) is 3.54. The van der Waals surface area contributed by atoms with Crippen LogP contribution in [0.25, 0.3) is 0 Å². The first kappa shape index (κ1) is 15.4. The summed E-state index contributed by atoms with van der Waals surface area (Å²) in [5.74, 6) is -1.26. The van der Waals surface area contributed by atoms with Gasteiger partial charge in [-0.05, 0) is 36.5 Å². The zero-order valence-electron chi connectivity index (χ0n) is 11.9. The predicted molar refractivity (Wildman–Crippen MR) is 75.1 cm³/mol. The van der Waals surface area contributed by atoms with Crippen LogP contribution in [0.1, 0.15) is 50.7 Å². The molecule has 1 aromatic carbocycles. The molecule has 0 bridgehead atoms. The average molecular weight is 283 g/mol. The van der Waals surface area contributed by atoms with Gasteiger partial charge in [-0.1, -0.05) is 32.3 Å². The van der Waals surface area contributed by atoms with Crippen LogP contribution in [0.3, 0.4) is 0 Å². The Morgan fingerprint density at radius 3 is 2.75 bits per heavy atom. The molecule has 3 atom stereocenters. The van der Waals surface area contributed by atoms with Crippen molar-refractivity contribution in [3.8, 4) is 0 Å². The average Bonchev–Trinajstić information content (AvgIpc) is 2.49. The zero-order chi connectivity index (χ0) is 14.8. The molecule has 2 rings (SSSR count). The monoisotopic (exact) mass is 283 g/mol. The quantitative estimate of drug-likeness (QED) is 0.887. The fourth-order valence-electron chi connectivity index (χ4n) is 3.45. The van der Waals surface area contributed by atoms with Crippen molar-refractivity contribution in [3.05, 3.63) is 35.4 Å². The van der Waals surface area contributed by atoms with Gasteiger partial charge in [0.1, 0.15) is 0 Å². The Balaban J connectivity index is 2.27. The zero-order valence-corrected chi connectivity index (χ0v) is 11.9. The second kappa shape index (κ2) is 6.19. The summed E-state index contributed by atoms with van der Waals surface area (Å²) in [6.07, 6.45) is 4.09. The number of hydrogen-bond donors (Lipinski definition) is 2. The van der Waals surface area contributed by atoms with E-state index in [9.17, 15) is 13.9 Å². The van der Waals surface area contributed by atoms with E-state index in [1.165, 1.54) is 6.07 Å². The molecule has 112 valence electrons. The number of nitrogens with two attached hydrogens (primary N) is 1. The third-order valence-corrected chi connectivity index (χ3v) is 4.81. The summed E-state index contributed by atoms with van der Waals surface area (Å²) in [5.41, 5.74) is 5.94. The number of hydrogen-bond acceptors (Lipinski definition) is 2. The highest BCUT2D eigenvalue weighted by atomic mass is 19.2. The van der Waals surface area contributed by atoms with E-state index in [4.69, 9.17) is 5.73 Å². The van der Waals surface area contributed by atoms with E-state index in [0.717, 1.165) is 44.2 Å². The van der Waals surface area contributed by atoms with Crippen LogP contribution in [0.2, 0.25) is 0 Å². The van der Waals surface area contributed by atoms with Crippen molar-refractivity contribution in [2.24, 2.45) is 17.1 Å². The van der Waals surface area contributed by atoms with Gasteiger partial charge in [0.15, 0.2) is 11.6 Å². The van der Waals surface area contributed by atoms with E-state index >= 15 is 0 Å². The molecule has 0 heterocycles. The Bertz CT molecular complexity index is 466. The molecular formula is C16H23F2NO. The molecule has 1 aliphatic rings. The van der Waals surface area contributed by atoms with Gasteiger partial charge in [-0.25, -0.2) is 8.78 Å². The molecule has 0 aliphatic heterocycles. The van der Waals surface area contributed by atoms with Crippen molar-refractivity contribution in [1.29, 1.82) is 0 Å². The van der Waals surface area contributed by atoms with Gasteiger partial charge in [0.2, 0.25) is 0 Å². The van der Waals surface area contributed by atoms with Crippen LogP contribution < -0.4 is 5.73 Å². The van der Waals surface area contributed by atoms with Crippen LogP contribution in [0.4, 0.5) is 8.78 Å². The normalized spacial score (nSPS) is 28.4. The Labute approximate surface area is 119 Å². The van der Waals surface area contributed by atoms with Gasteiger partial charge in [0.05, 0.1) is 6.10 Å². The minimum atomic E-state index is -0.920. The molecule has 3 unspecified atom stereocenters. The number of rotatable bonds is 4. The topological polar surface area (TPSA) is 46.2 Å². The second-order valence-corrected chi connectivity index (χ2v) is 6.01. The van der Waals surface area contributed by atoms with Crippen LogP contribution in [0, 0.1) is 23.0 Å². The maximum Gasteiger partial charge on any atom is 0.159 e. The summed E-state index contributed by atoms with van der Waals surface area (Å²) < 4.78 is 26.4. The Hall–Kier alpha value is -1.00. The molecular weight excluding hydrogens is 260 g/mol. The standard InChI is InChI=1S/C16H23F2NO/c1-2-11-4-3-7-16(9-11,10-19)15(20)12-5-6-13(17)14(18)8-12/h5-6,8,11,15,20H,2-4,7,9-10,19H2,1H3. The Morgan fingerprint density at radius 1 is 1.40 bits per heavy atom. The number of halogens is 2. The molecule has 1 aliphatic carbocycles. The van der Waals surface area contributed by atoms with E-state index in [0.29, 0.717) is 18.0 Å². The first-order valence-corrected chi connectivity index (χ1v) is 7.35. The van der Waals surface area contributed by atoms with Crippen LogP contribution >= 0.6 is 0 Å². The fraction of sp³-hybridized carbons (Fsp3) is 0.625. The van der Waals surface area contributed by atoms with E-state index < -0.39 is 23.2 Å². The number of aliphatic hydroxyl groups excluding tert-OH is 1. The summed E-state index contributed by atoms with van der Waals surface area (Å²) in [6.45, 7) is 2.50. The second-order valence-electron chi connectivity index (χ2n) is 6.01. The van der Waals surface area contributed by atoms with E-state index in [-0.39, 0.29) is 0 Å². The maximum absolute atomic E-state index is 13.4. The van der Waals surface area contributed by atoms with Crippen molar-refractivity contribution in [2.45, 2.75) is 45.1 Å². The molecule has 1 aromatic rings. The third kappa shape index (κ3) is 2.86. The molecule has 20 heavy (non-hydrogen) atoms. The van der Waals surface area contributed by atoms with Crippen LogP contribution in [-0.4, -0.2) is 11.7 Å². The summed E-state index contributed by atoms with van der Waals surface area (Å²) in [4.78, 5) is 0. The van der Waals surface area contributed by atoms with Crippen LogP contribution in [0.5, 0.6) is 0 Å².